The molecular weight excluding hydrogens is 156 g/mol. The molecule has 0 N–H and O–H groups in total. The number of rotatable bonds is 2. The van der Waals surface area contributed by atoms with E-state index in [0.29, 0.717) is 12.7 Å². The van der Waals surface area contributed by atoms with Gasteiger partial charge in [0.25, 0.3) is 0 Å². The second kappa shape index (κ2) is 8.71. The van der Waals surface area contributed by atoms with Crippen molar-refractivity contribution in [3.63, 3.8) is 0 Å². The lowest BCUT2D eigenvalue weighted by atomic mass is 10.6. The SMILES string of the molecule is C1CO1.C=CCOC.CC1CO1. The first-order chi connectivity index (χ1) is 5.81. The van der Waals surface area contributed by atoms with Crippen LogP contribution in [0.15, 0.2) is 12.7 Å². The van der Waals surface area contributed by atoms with Crippen LogP contribution in [-0.4, -0.2) is 39.6 Å². The molecule has 3 heteroatoms. The first-order valence-electron chi connectivity index (χ1n) is 4.10. The topological polar surface area (TPSA) is 34.3 Å². The summed E-state index contributed by atoms with van der Waals surface area (Å²) in [5.74, 6) is 0. The molecule has 3 nitrogen and oxygen atoms in total. The minimum absolute atomic E-state index is 0.583. The highest BCUT2D eigenvalue weighted by atomic mass is 16.6. The maximum Gasteiger partial charge on any atom is 0.0781 e. The standard InChI is InChI=1S/C4H8O.C3H6O.C2H4O/c1-3-4-5-2;1-3-2-4-3;1-2-3-1/h3H,1,4H2,2H3;3H,2H2,1H3;1-2H2. The fourth-order valence-electron chi connectivity index (χ4n) is 0.214. The first kappa shape index (κ1) is 11.6. The predicted octanol–water partition coefficient (Wildman–Crippen LogP) is 1.24. The van der Waals surface area contributed by atoms with E-state index in [1.165, 1.54) is 0 Å². The average Bonchev–Trinajstić information content (AvgIpc) is 2.86. The van der Waals surface area contributed by atoms with Crippen molar-refractivity contribution in [1.29, 1.82) is 0 Å². The van der Waals surface area contributed by atoms with E-state index in [-0.39, 0.29) is 0 Å². The van der Waals surface area contributed by atoms with Gasteiger partial charge in [0, 0.05) is 7.11 Å². The molecule has 2 fully saturated rings. The van der Waals surface area contributed by atoms with Crippen molar-refractivity contribution in [2.45, 2.75) is 13.0 Å². The summed E-state index contributed by atoms with van der Waals surface area (Å²) in [6.45, 7) is 9.12. The van der Waals surface area contributed by atoms with Crippen LogP contribution in [0.1, 0.15) is 6.92 Å². The van der Waals surface area contributed by atoms with Crippen LogP contribution in [0.2, 0.25) is 0 Å². The molecule has 2 aliphatic rings. The number of ether oxygens (including phenoxy) is 3. The predicted molar refractivity (Wildman–Crippen MR) is 48.3 cm³/mol. The average molecular weight is 174 g/mol. The van der Waals surface area contributed by atoms with Crippen LogP contribution >= 0.6 is 0 Å². The van der Waals surface area contributed by atoms with Crippen molar-refractivity contribution in [2.75, 3.05) is 33.5 Å². The van der Waals surface area contributed by atoms with E-state index < -0.39 is 0 Å². The van der Waals surface area contributed by atoms with E-state index in [4.69, 9.17) is 4.74 Å². The highest BCUT2D eigenvalue weighted by molar-refractivity contribution is 4.62. The Kier molecular flexibility index (Phi) is 8.44. The summed E-state index contributed by atoms with van der Waals surface area (Å²) in [4.78, 5) is 0. The van der Waals surface area contributed by atoms with E-state index in [9.17, 15) is 0 Å². The molecule has 0 aromatic heterocycles. The zero-order valence-corrected chi connectivity index (χ0v) is 7.91. The molecule has 2 saturated heterocycles. The Morgan fingerprint density at radius 3 is 2.00 bits per heavy atom. The highest BCUT2D eigenvalue weighted by Gasteiger charge is 2.13. The Balaban J connectivity index is 0.000000155. The van der Waals surface area contributed by atoms with Crippen molar-refractivity contribution < 1.29 is 14.2 Å². The Morgan fingerprint density at radius 2 is 2.00 bits per heavy atom. The Hall–Kier alpha value is -0.380. The fraction of sp³-hybridized carbons (Fsp3) is 0.778. The van der Waals surface area contributed by atoms with Crippen molar-refractivity contribution >= 4 is 0 Å². The second-order valence-electron chi connectivity index (χ2n) is 2.50. The molecule has 2 heterocycles. The molecule has 1 atom stereocenters. The lowest BCUT2D eigenvalue weighted by Gasteiger charge is -1.79. The largest absolute Gasteiger partial charge is 0.381 e. The summed E-state index contributed by atoms with van der Waals surface area (Å²) in [5.41, 5.74) is 0. The van der Waals surface area contributed by atoms with Gasteiger partial charge in [-0.2, -0.15) is 0 Å². The quantitative estimate of drug-likeness (QED) is 0.466. The normalized spacial score (nSPS) is 22.3. The smallest absolute Gasteiger partial charge is 0.0781 e. The Bertz CT molecular complexity index is 95.2. The molecule has 72 valence electrons. The summed E-state index contributed by atoms with van der Waals surface area (Å²) in [7, 11) is 1.64. The van der Waals surface area contributed by atoms with Crippen LogP contribution in [0.5, 0.6) is 0 Å². The molecular formula is C9H18O3. The number of epoxide rings is 2. The van der Waals surface area contributed by atoms with Gasteiger partial charge in [-0.1, -0.05) is 6.08 Å². The van der Waals surface area contributed by atoms with Gasteiger partial charge < -0.3 is 14.2 Å². The van der Waals surface area contributed by atoms with Gasteiger partial charge in [-0.05, 0) is 6.92 Å². The molecule has 0 aliphatic carbocycles. The minimum Gasteiger partial charge on any atom is -0.381 e. The highest BCUT2D eigenvalue weighted by Crippen LogP contribution is 2.04. The third-order valence-corrected chi connectivity index (χ3v) is 0.989. The summed E-state index contributed by atoms with van der Waals surface area (Å²) >= 11 is 0. The molecule has 0 aromatic rings. The molecule has 1 unspecified atom stereocenters. The summed E-state index contributed by atoms with van der Waals surface area (Å²) < 4.78 is 13.8. The van der Waals surface area contributed by atoms with Crippen LogP contribution in [0, 0.1) is 0 Å². The summed E-state index contributed by atoms with van der Waals surface area (Å²) in [6, 6.07) is 0. The third kappa shape index (κ3) is 22.6. The monoisotopic (exact) mass is 174 g/mol. The van der Waals surface area contributed by atoms with E-state index in [1.807, 2.05) is 0 Å². The first-order valence-corrected chi connectivity index (χ1v) is 4.10. The Labute approximate surface area is 74.3 Å². The number of hydrogen-bond donors (Lipinski definition) is 0. The zero-order chi connectivity index (χ0) is 9.23. The van der Waals surface area contributed by atoms with E-state index >= 15 is 0 Å². The van der Waals surface area contributed by atoms with Crippen LogP contribution in [0.3, 0.4) is 0 Å². The van der Waals surface area contributed by atoms with Gasteiger partial charge in [0.15, 0.2) is 0 Å². The molecule has 2 rings (SSSR count). The maximum absolute atomic E-state index is 4.71. The summed E-state index contributed by atoms with van der Waals surface area (Å²) in [5, 5.41) is 0. The van der Waals surface area contributed by atoms with Gasteiger partial charge in [-0.3, -0.25) is 0 Å². The second-order valence-corrected chi connectivity index (χ2v) is 2.50. The molecule has 12 heavy (non-hydrogen) atoms. The van der Waals surface area contributed by atoms with Crippen LogP contribution in [0.4, 0.5) is 0 Å². The molecule has 0 bridgehead atoms. The van der Waals surface area contributed by atoms with Crippen LogP contribution < -0.4 is 0 Å². The number of methoxy groups -OCH3 is 1. The molecule has 0 amide bonds. The van der Waals surface area contributed by atoms with Crippen molar-refractivity contribution in [2.24, 2.45) is 0 Å². The van der Waals surface area contributed by atoms with Gasteiger partial charge in [-0.15, -0.1) is 6.58 Å². The van der Waals surface area contributed by atoms with Gasteiger partial charge in [0.1, 0.15) is 0 Å². The van der Waals surface area contributed by atoms with Crippen molar-refractivity contribution in [1.82, 2.24) is 0 Å². The minimum atomic E-state index is 0.583. The fourth-order valence-corrected chi connectivity index (χ4v) is 0.214. The lowest BCUT2D eigenvalue weighted by Crippen LogP contribution is -1.76. The molecule has 0 spiro atoms. The third-order valence-electron chi connectivity index (χ3n) is 0.989. The van der Waals surface area contributed by atoms with E-state index in [0.717, 1.165) is 19.8 Å². The molecule has 0 aromatic carbocycles. The van der Waals surface area contributed by atoms with E-state index in [2.05, 4.69) is 23.0 Å². The van der Waals surface area contributed by atoms with E-state index in [1.54, 1.807) is 13.2 Å². The zero-order valence-electron chi connectivity index (χ0n) is 7.91. The Morgan fingerprint density at radius 1 is 1.58 bits per heavy atom. The van der Waals surface area contributed by atoms with Gasteiger partial charge in [0.05, 0.1) is 32.5 Å². The maximum atomic E-state index is 4.71. The lowest BCUT2D eigenvalue weighted by molar-refractivity contribution is 0.234. The van der Waals surface area contributed by atoms with Gasteiger partial charge >= 0.3 is 0 Å². The van der Waals surface area contributed by atoms with Gasteiger partial charge in [-0.25, -0.2) is 0 Å². The summed E-state index contributed by atoms with van der Waals surface area (Å²) in [6.07, 6.45) is 2.29. The number of hydrogen-bond acceptors (Lipinski definition) is 3. The van der Waals surface area contributed by atoms with Crippen LogP contribution in [-0.2, 0) is 14.2 Å². The van der Waals surface area contributed by atoms with Crippen LogP contribution in [0.25, 0.3) is 0 Å². The van der Waals surface area contributed by atoms with Crippen molar-refractivity contribution in [3.8, 4) is 0 Å². The molecule has 2 aliphatic heterocycles. The molecule has 0 radical (unpaired) electrons. The molecule has 0 saturated carbocycles. The van der Waals surface area contributed by atoms with Gasteiger partial charge in [0.2, 0.25) is 0 Å². The van der Waals surface area contributed by atoms with Crippen molar-refractivity contribution in [3.05, 3.63) is 12.7 Å².